The smallest absolute Gasteiger partial charge is 0.0983 e. The molecule has 0 bridgehead atoms. The highest BCUT2D eigenvalue weighted by molar-refractivity contribution is 4.95. The van der Waals surface area contributed by atoms with E-state index < -0.39 is 0 Å². The van der Waals surface area contributed by atoms with Gasteiger partial charge in [0.1, 0.15) is 0 Å². The number of ether oxygens (including phenoxy) is 1. The SMILES string of the molecule is N#CC(NCCN=[N+]=[N-])C1CCOCC1. The second kappa shape index (κ2) is 7.07. The third-order valence-electron chi connectivity index (χ3n) is 2.52. The molecule has 0 saturated carbocycles. The van der Waals surface area contributed by atoms with E-state index in [9.17, 15) is 0 Å². The largest absolute Gasteiger partial charge is 0.381 e. The van der Waals surface area contributed by atoms with Crippen molar-refractivity contribution in [3.63, 3.8) is 0 Å². The summed E-state index contributed by atoms with van der Waals surface area (Å²) in [6.45, 7) is 2.42. The van der Waals surface area contributed by atoms with Crippen molar-refractivity contribution in [3.8, 4) is 6.07 Å². The van der Waals surface area contributed by atoms with Crippen LogP contribution in [0, 0.1) is 17.2 Å². The van der Waals surface area contributed by atoms with Crippen molar-refractivity contribution in [2.24, 2.45) is 11.0 Å². The number of nitriles is 1. The van der Waals surface area contributed by atoms with Crippen LogP contribution in [0.15, 0.2) is 5.11 Å². The lowest BCUT2D eigenvalue weighted by Gasteiger charge is -2.26. The van der Waals surface area contributed by atoms with Gasteiger partial charge in [-0.05, 0) is 24.3 Å². The van der Waals surface area contributed by atoms with E-state index in [4.69, 9.17) is 15.5 Å². The Labute approximate surface area is 88.8 Å². The van der Waals surface area contributed by atoms with Crippen molar-refractivity contribution >= 4 is 0 Å². The van der Waals surface area contributed by atoms with Gasteiger partial charge in [0.2, 0.25) is 0 Å². The van der Waals surface area contributed by atoms with Crippen LogP contribution < -0.4 is 5.32 Å². The summed E-state index contributed by atoms with van der Waals surface area (Å²) in [5, 5.41) is 15.5. The van der Waals surface area contributed by atoms with E-state index in [1.807, 2.05) is 0 Å². The third-order valence-corrected chi connectivity index (χ3v) is 2.52. The van der Waals surface area contributed by atoms with Crippen molar-refractivity contribution < 1.29 is 4.74 Å². The lowest BCUT2D eigenvalue weighted by atomic mass is 9.92. The molecule has 0 amide bonds. The number of hydrogen-bond donors (Lipinski definition) is 1. The van der Waals surface area contributed by atoms with Crippen molar-refractivity contribution in [2.45, 2.75) is 18.9 Å². The Balaban J connectivity index is 2.28. The molecular weight excluding hydrogens is 194 g/mol. The van der Waals surface area contributed by atoms with Crippen LogP contribution in [0.2, 0.25) is 0 Å². The molecule has 1 heterocycles. The van der Waals surface area contributed by atoms with Crippen molar-refractivity contribution in [1.29, 1.82) is 5.26 Å². The molecule has 1 aliphatic heterocycles. The van der Waals surface area contributed by atoms with Crippen LogP contribution in [0.1, 0.15) is 12.8 Å². The molecule has 1 rings (SSSR count). The molecule has 0 aromatic heterocycles. The van der Waals surface area contributed by atoms with Crippen LogP contribution in [0.25, 0.3) is 10.4 Å². The molecular formula is C9H15N5O. The van der Waals surface area contributed by atoms with E-state index in [0.29, 0.717) is 19.0 Å². The lowest BCUT2D eigenvalue weighted by Crippen LogP contribution is -2.39. The highest BCUT2D eigenvalue weighted by Gasteiger charge is 2.22. The maximum Gasteiger partial charge on any atom is 0.0983 e. The van der Waals surface area contributed by atoms with Gasteiger partial charge in [-0.25, -0.2) is 0 Å². The molecule has 1 atom stereocenters. The van der Waals surface area contributed by atoms with Gasteiger partial charge in [0, 0.05) is 31.2 Å². The first kappa shape index (κ1) is 11.8. The zero-order valence-corrected chi connectivity index (χ0v) is 8.59. The van der Waals surface area contributed by atoms with E-state index in [-0.39, 0.29) is 6.04 Å². The van der Waals surface area contributed by atoms with Crippen molar-refractivity contribution in [3.05, 3.63) is 10.4 Å². The number of rotatable bonds is 5. The van der Waals surface area contributed by atoms with E-state index in [1.165, 1.54) is 0 Å². The number of nitrogens with zero attached hydrogens (tertiary/aromatic N) is 4. The van der Waals surface area contributed by atoms with E-state index in [0.717, 1.165) is 26.1 Å². The van der Waals surface area contributed by atoms with Crippen molar-refractivity contribution in [1.82, 2.24) is 5.32 Å². The van der Waals surface area contributed by atoms with E-state index in [1.54, 1.807) is 0 Å². The standard InChI is InChI=1S/C9H15N5O/c10-7-9(12-3-4-13-14-11)8-1-5-15-6-2-8/h8-9,12H,1-6H2. The number of azide groups is 1. The minimum Gasteiger partial charge on any atom is -0.381 e. The van der Waals surface area contributed by atoms with Crippen LogP contribution in [0.4, 0.5) is 0 Å². The molecule has 15 heavy (non-hydrogen) atoms. The first-order valence-electron chi connectivity index (χ1n) is 5.10. The molecule has 0 aliphatic carbocycles. The zero-order chi connectivity index (χ0) is 10.9. The fourth-order valence-corrected chi connectivity index (χ4v) is 1.68. The maximum absolute atomic E-state index is 8.98. The summed E-state index contributed by atoms with van der Waals surface area (Å²) in [5.74, 6) is 0.356. The van der Waals surface area contributed by atoms with Crippen LogP contribution >= 0.6 is 0 Å². The Morgan fingerprint density at radius 1 is 1.60 bits per heavy atom. The molecule has 6 nitrogen and oxygen atoms in total. The second-order valence-corrected chi connectivity index (χ2v) is 3.47. The van der Waals surface area contributed by atoms with Gasteiger partial charge in [0.05, 0.1) is 12.1 Å². The Hall–Kier alpha value is -1.28. The van der Waals surface area contributed by atoms with Gasteiger partial charge in [-0.1, -0.05) is 5.11 Å². The highest BCUT2D eigenvalue weighted by Crippen LogP contribution is 2.18. The maximum atomic E-state index is 8.98. The average molecular weight is 209 g/mol. The first-order chi connectivity index (χ1) is 7.38. The molecule has 1 fully saturated rings. The van der Waals surface area contributed by atoms with Gasteiger partial charge in [-0.3, -0.25) is 0 Å². The fourth-order valence-electron chi connectivity index (χ4n) is 1.68. The van der Waals surface area contributed by atoms with Gasteiger partial charge in [0.25, 0.3) is 0 Å². The number of hydrogen-bond acceptors (Lipinski definition) is 4. The van der Waals surface area contributed by atoms with Gasteiger partial charge in [-0.2, -0.15) is 5.26 Å². The summed E-state index contributed by atoms with van der Waals surface area (Å²) >= 11 is 0. The van der Waals surface area contributed by atoms with Gasteiger partial charge < -0.3 is 10.1 Å². The van der Waals surface area contributed by atoms with E-state index >= 15 is 0 Å². The normalized spacial score (nSPS) is 18.9. The zero-order valence-electron chi connectivity index (χ0n) is 8.59. The van der Waals surface area contributed by atoms with Crippen LogP contribution in [-0.4, -0.2) is 32.3 Å². The summed E-state index contributed by atoms with van der Waals surface area (Å²) in [6.07, 6.45) is 1.85. The molecule has 0 spiro atoms. The molecule has 0 radical (unpaired) electrons. The average Bonchev–Trinajstić information content (AvgIpc) is 2.30. The van der Waals surface area contributed by atoms with Gasteiger partial charge in [-0.15, -0.1) is 0 Å². The molecule has 1 saturated heterocycles. The van der Waals surface area contributed by atoms with Crippen molar-refractivity contribution in [2.75, 3.05) is 26.3 Å². The molecule has 1 unspecified atom stereocenters. The number of nitrogens with one attached hydrogen (secondary N) is 1. The monoisotopic (exact) mass is 209 g/mol. The summed E-state index contributed by atoms with van der Waals surface area (Å²) in [4.78, 5) is 2.65. The Bertz CT molecular complexity index is 262. The Morgan fingerprint density at radius 3 is 2.93 bits per heavy atom. The fraction of sp³-hybridized carbons (Fsp3) is 0.889. The van der Waals surface area contributed by atoms with Gasteiger partial charge in [0.15, 0.2) is 0 Å². The lowest BCUT2D eigenvalue weighted by molar-refractivity contribution is 0.0600. The van der Waals surface area contributed by atoms with Crippen LogP contribution in [0.5, 0.6) is 0 Å². The molecule has 0 aromatic carbocycles. The molecule has 82 valence electrons. The second-order valence-electron chi connectivity index (χ2n) is 3.47. The third kappa shape index (κ3) is 4.17. The summed E-state index contributed by atoms with van der Waals surface area (Å²) in [7, 11) is 0. The summed E-state index contributed by atoms with van der Waals surface area (Å²) in [6, 6.07) is 2.10. The first-order valence-corrected chi connectivity index (χ1v) is 5.10. The summed E-state index contributed by atoms with van der Waals surface area (Å²) < 4.78 is 5.23. The molecule has 0 aromatic rings. The molecule has 1 aliphatic rings. The minimum absolute atomic E-state index is 0.150. The highest BCUT2D eigenvalue weighted by atomic mass is 16.5. The Kier molecular flexibility index (Phi) is 5.56. The summed E-state index contributed by atoms with van der Waals surface area (Å²) in [5.41, 5.74) is 8.09. The predicted octanol–water partition coefficient (Wildman–Crippen LogP) is 1.21. The predicted molar refractivity (Wildman–Crippen MR) is 55.0 cm³/mol. The topological polar surface area (TPSA) is 93.8 Å². The quantitative estimate of drug-likeness (QED) is 0.319. The van der Waals surface area contributed by atoms with E-state index in [2.05, 4.69) is 21.4 Å². The van der Waals surface area contributed by atoms with Crippen LogP contribution in [-0.2, 0) is 4.74 Å². The molecule has 1 N–H and O–H groups in total. The Morgan fingerprint density at radius 2 is 2.33 bits per heavy atom. The van der Waals surface area contributed by atoms with Crippen LogP contribution in [0.3, 0.4) is 0 Å². The minimum atomic E-state index is -0.150. The molecule has 6 heteroatoms. The van der Waals surface area contributed by atoms with Gasteiger partial charge >= 0.3 is 0 Å².